The van der Waals surface area contributed by atoms with E-state index < -0.39 is 45.1 Å². The number of carbonyl (C=O) groups excluding carboxylic acids is 4. The van der Waals surface area contributed by atoms with Crippen molar-refractivity contribution in [1.82, 2.24) is 0 Å². The molecule has 39 heavy (non-hydrogen) atoms. The molecule has 1 aromatic rings. The Balaban J connectivity index is 1.67. The second kappa shape index (κ2) is 9.62. The number of hydrogen-bond donors (Lipinski definition) is 0. The minimum absolute atomic E-state index is 0.00979. The Labute approximate surface area is 238 Å². The second-order valence-electron chi connectivity index (χ2n) is 11.9. The van der Waals surface area contributed by atoms with Gasteiger partial charge in [0.15, 0.2) is 17.2 Å². The number of halogens is 2. The van der Waals surface area contributed by atoms with Gasteiger partial charge in [-0.3, -0.25) is 14.4 Å². The fourth-order valence-electron chi connectivity index (χ4n) is 8.42. The molecule has 7 nitrogen and oxygen atoms in total. The maximum absolute atomic E-state index is 13.8. The number of allylic oxidation sites excluding steroid dienone is 4. The Morgan fingerprint density at radius 3 is 2.59 bits per heavy atom. The van der Waals surface area contributed by atoms with Crippen LogP contribution in [0.25, 0.3) is 0 Å². The van der Waals surface area contributed by atoms with E-state index in [1.807, 2.05) is 26.8 Å². The zero-order valence-corrected chi connectivity index (χ0v) is 24.1. The average molecular weight is 578 g/mol. The molecule has 0 aliphatic heterocycles. The molecule has 4 aliphatic rings. The molecular formula is C30H34Cl2O7. The van der Waals surface area contributed by atoms with Crippen molar-refractivity contribution < 1.29 is 33.1 Å². The number of ether oxygens (including phenoxy) is 2. The lowest BCUT2D eigenvalue weighted by Gasteiger charge is -2.64. The number of rotatable bonds is 6. The summed E-state index contributed by atoms with van der Waals surface area (Å²) < 4.78 is 17.6. The first-order chi connectivity index (χ1) is 18.4. The summed E-state index contributed by atoms with van der Waals surface area (Å²) in [5, 5.41) is 0. The summed E-state index contributed by atoms with van der Waals surface area (Å²) in [7, 11) is 0. The third-order valence-corrected chi connectivity index (χ3v) is 11.4. The van der Waals surface area contributed by atoms with Crippen LogP contribution in [-0.2, 0) is 23.9 Å². The Morgan fingerprint density at radius 2 is 1.95 bits per heavy atom. The number of carbonyl (C=O) groups is 4. The van der Waals surface area contributed by atoms with Crippen LogP contribution in [0.1, 0.15) is 70.4 Å². The van der Waals surface area contributed by atoms with E-state index in [1.54, 1.807) is 19.1 Å². The van der Waals surface area contributed by atoms with Crippen molar-refractivity contribution in [3.8, 4) is 0 Å². The molecule has 0 bridgehead atoms. The van der Waals surface area contributed by atoms with Gasteiger partial charge in [0, 0.05) is 23.2 Å². The molecule has 0 saturated heterocycles. The molecule has 0 aromatic carbocycles. The van der Waals surface area contributed by atoms with Gasteiger partial charge in [-0.2, -0.15) is 0 Å². The molecule has 1 aromatic heterocycles. The van der Waals surface area contributed by atoms with Gasteiger partial charge in [0.25, 0.3) is 0 Å². The number of furan rings is 1. The summed E-state index contributed by atoms with van der Waals surface area (Å²) in [5.74, 6) is -2.73. The van der Waals surface area contributed by atoms with Gasteiger partial charge in [-0.05, 0) is 61.8 Å². The smallest absolute Gasteiger partial charge is 0.375 e. The quantitative estimate of drug-likeness (QED) is 0.310. The van der Waals surface area contributed by atoms with Crippen molar-refractivity contribution in [2.45, 2.75) is 76.4 Å². The number of ketones is 2. The summed E-state index contributed by atoms with van der Waals surface area (Å²) >= 11 is 14.0. The van der Waals surface area contributed by atoms with Crippen molar-refractivity contribution in [3.63, 3.8) is 0 Å². The molecular weight excluding hydrogens is 543 g/mol. The van der Waals surface area contributed by atoms with Crippen molar-refractivity contribution in [2.75, 3.05) is 5.88 Å². The normalized spacial score (nSPS) is 40.7. The Hall–Kier alpha value is -2.38. The maximum atomic E-state index is 13.8. The molecule has 0 radical (unpaired) electrons. The molecule has 5 rings (SSSR count). The number of fused-ring (bicyclic) bond motifs is 5. The highest BCUT2D eigenvalue weighted by Crippen LogP contribution is 2.72. The highest BCUT2D eigenvalue weighted by molar-refractivity contribution is 6.29. The second-order valence-corrected chi connectivity index (χ2v) is 12.8. The number of hydrogen-bond acceptors (Lipinski definition) is 7. The monoisotopic (exact) mass is 576 g/mol. The van der Waals surface area contributed by atoms with Crippen molar-refractivity contribution in [2.24, 2.45) is 28.6 Å². The van der Waals surface area contributed by atoms with Crippen LogP contribution < -0.4 is 0 Å². The van der Waals surface area contributed by atoms with Crippen LogP contribution in [0.15, 0.2) is 46.6 Å². The van der Waals surface area contributed by atoms with Gasteiger partial charge in [0.05, 0.1) is 17.0 Å². The maximum Gasteiger partial charge on any atom is 0.375 e. The van der Waals surface area contributed by atoms with Crippen LogP contribution in [0.5, 0.6) is 0 Å². The fourth-order valence-corrected chi connectivity index (χ4v) is 9.19. The molecule has 3 saturated carbocycles. The van der Waals surface area contributed by atoms with Crippen LogP contribution in [0.3, 0.4) is 0 Å². The summed E-state index contributed by atoms with van der Waals surface area (Å²) in [6, 6.07) is 3.07. The van der Waals surface area contributed by atoms with Crippen LogP contribution in [-0.4, -0.2) is 46.0 Å². The zero-order valence-electron chi connectivity index (χ0n) is 22.6. The molecule has 4 aliphatic carbocycles. The Morgan fingerprint density at radius 1 is 1.21 bits per heavy atom. The summed E-state index contributed by atoms with van der Waals surface area (Å²) in [6.07, 6.45) is 7.77. The standard InChI is InChI=1S/C30H34Cl2O7/c1-5-25(35)38-24-15-28(4)21(20-9-8-18-14-19(33)10-11-27(18,3)29(20,24)32)13-17(2)30(28,23(34)16-31)39-26(36)22-7-6-12-37-22/h6-7,10-12,14,17,20-21,24H,5,8-9,13,15-16H2,1-4H3/t17-,20+,21+,24+,27+,28+,29?,30+/m1/s1. The number of esters is 2. The molecule has 1 heterocycles. The molecule has 0 spiro atoms. The lowest BCUT2D eigenvalue weighted by molar-refractivity contribution is -0.189. The molecule has 1 unspecified atom stereocenters. The van der Waals surface area contributed by atoms with Crippen LogP contribution in [0.4, 0.5) is 0 Å². The Kier molecular flexibility index (Phi) is 6.95. The molecule has 0 amide bonds. The first-order valence-electron chi connectivity index (χ1n) is 13.6. The van der Waals surface area contributed by atoms with E-state index in [2.05, 4.69) is 0 Å². The minimum atomic E-state index is -1.58. The lowest BCUT2D eigenvalue weighted by atomic mass is 9.45. The topological polar surface area (TPSA) is 99.9 Å². The number of Topliss-reactive ketones (excluding diaryl/α,β-unsaturated/α-hetero) is 1. The highest BCUT2D eigenvalue weighted by atomic mass is 35.5. The SMILES string of the molecule is CCC(=O)O[C@H]1C[C@@]2(C)[C@@H](C[C@@H](C)[C@]2(OC(=O)c2ccco2)C(=O)CCl)[C@@H]2CCC3=CC(=O)C=C[C@]3(C)C12Cl. The third-order valence-electron chi connectivity index (χ3n) is 10.2. The summed E-state index contributed by atoms with van der Waals surface area (Å²) in [4.78, 5) is 51.2. The molecule has 0 N–H and O–H groups in total. The molecule has 3 fully saturated rings. The van der Waals surface area contributed by atoms with Gasteiger partial charge >= 0.3 is 11.9 Å². The first kappa shape index (κ1) is 28.2. The first-order valence-corrected chi connectivity index (χ1v) is 14.5. The van der Waals surface area contributed by atoms with Gasteiger partial charge in [-0.25, -0.2) is 4.79 Å². The van der Waals surface area contributed by atoms with Gasteiger partial charge in [-0.15, -0.1) is 23.2 Å². The molecule has 9 heteroatoms. The predicted molar refractivity (Wildman–Crippen MR) is 144 cm³/mol. The van der Waals surface area contributed by atoms with Crippen LogP contribution in [0.2, 0.25) is 0 Å². The largest absolute Gasteiger partial charge is 0.460 e. The molecule has 210 valence electrons. The third kappa shape index (κ3) is 3.75. The highest BCUT2D eigenvalue weighted by Gasteiger charge is 2.77. The van der Waals surface area contributed by atoms with Gasteiger partial charge in [-0.1, -0.05) is 39.3 Å². The van der Waals surface area contributed by atoms with E-state index in [0.29, 0.717) is 19.3 Å². The summed E-state index contributed by atoms with van der Waals surface area (Å²) in [5.41, 5.74) is -2.34. The lowest BCUT2D eigenvalue weighted by Crippen LogP contribution is -2.70. The molecule has 8 atom stereocenters. The van der Waals surface area contributed by atoms with E-state index in [4.69, 9.17) is 37.1 Å². The van der Waals surface area contributed by atoms with Crippen molar-refractivity contribution in [1.29, 1.82) is 0 Å². The van der Waals surface area contributed by atoms with Gasteiger partial charge in [0.2, 0.25) is 5.76 Å². The zero-order chi connectivity index (χ0) is 28.4. The van der Waals surface area contributed by atoms with Gasteiger partial charge < -0.3 is 13.9 Å². The van der Waals surface area contributed by atoms with Gasteiger partial charge in [0.1, 0.15) is 6.10 Å². The van der Waals surface area contributed by atoms with E-state index >= 15 is 0 Å². The van der Waals surface area contributed by atoms with E-state index in [1.165, 1.54) is 18.4 Å². The van der Waals surface area contributed by atoms with Crippen LogP contribution >= 0.6 is 23.2 Å². The van der Waals surface area contributed by atoms with E-state index in [-0.39, 0.29) is 48.0 Å². The van der Waals surface area contributed by atoms with E-state index in [9.17, 15) is 19.2 Å². The van der Waals surface area contributed by atoms with E-state index in [0.717, 1.165) is 5.57 Å². The Bertz CT molecular complexity index is 1270. The predicted octanol–water partition coefficient (Wildman–Crippen LogP) is 5.83. The fraction of sp³-hybridized carbons (Fsp3) is 0.600. The minimum Gasteiger partial charge on any atom is -0.460 e. The number of alkyl halides is 2. The summed E-state index contributed by atoms with van der Waals surface area (Å²) in [6.45, 7) is 7.56. The van der Waals surface area contributed by atoms with Crippen molar-refractivity contribution >= 4 is 46.7 Å². The average Bonchev–Trinajstić information content (AvgIpc) is 3.51. The van der Waals surface area contributed by atoms with Crippen molar-refractivity contribution in [3.05, 3.63) is 48.0 Å². The van der Waals surface area contributed by atoms with Crippen LogP contribution in [0, 0.1) is 28.6 Å².